The largest absolute Gasteiger partial charge is 0.326 e. The predicted octanol–water partition coefficient (Wildman–Crippen LogP) is 2.95. The summed E-state index contributed by atoms with van der Waals surface area (Å²) in [5.74, 6) is -0.634. The van der Waals surface area contributed by atoms with Crippen LogP contribution in [0.2, 0.25) is 0 Å². The van der Waals surface area contributed by atoms with E-state index in [4.69, 9.17) is 0 Å². The second-order valence-corrected chi connectivity index (χ2v) is 10.5. The van der Waals surface area contributed by atoms with Crippen molar-refractivity contribution in [1.29, 1.82) is 0 Å². The molecule has 0 saturated carbocycles. The number of amides is 1. The number of piperidine rings is 1. The fraction of sp³-hybridized carbons (Fsp3) is 0.333. The molecule has 158 valence electrons. The molecule has 0 spiro atoms. The minimum Gasteiger partial charge on any atom is -0.326 e. The summed E-state index contributed by atoms with van der Waals surface area (Å²) in [6, 6.07) is 12.1. The zero-order valence-electron chi connectivity index (χ0n) is 16.8. The lowest BCUT2D eigenvalue weighted by Crippen LogP contribution is -2.43. The summed E-state index contributed by atoms with van der Waals surface area (Å²) in [4.78, 5) is 24.8. The van der Waals surface area contributed by atoms with Crippen molar-refractivity contribution < 1.29 is 13.2 Å². The highest BCUT2D eigenvalue weighted by atomic mass is 32.2. The first-order chi connectivity index (χ1) is 14.3. The van der Waals surface area contributed by atoms with Crippen LogP contribution < -0.4 is 10.2 Å². The molecule has 7 nitrogen and oxygen atoms in total. The van der Waals surface area contributed by atoms with Crippen LogP contribution in [0.5, 0.6) is 0 Å². The molecule has 2 heterocycles. The molecule has 3 aromatic rings. The molecule has 0 unspecified atom stereocenters. The summed E-state index contributed by atoms with van der Waals surface area (Å²) in [7, 11) is -1.92. The van der Waals surface area contributed by atoms with E-state index in [1.807, 2.05) is 6.92 Å². The zero-order valence-corrected chi connectivity index (χ0v) is 18.4. The van der Waals surface area contributed by atoms with Crippen LogP contribution in [0.25, 0.3) is 10.2 Å². The maximum Gasteiger partial charge on any atom is 0.307 e. The number of aromatic nitrogens is 1. The number of carbonyl (C=O) groups excluding carboxylic acids is 1. The SMILES string of the molecule is Cc1ccc(S(=O)(=O)N2CCC[C@@H](C(=O)Nc3ccc4c(c3)sc(=O)n4C)C2)cc1. The summed E-state index contributed by atoms with van der Waals surface area (Å²) in [6.07, 6.45) is 1.26. The number of rotatable bonds is 4. The molecule has 1 atom stereocenters. The number of nitrogens with one attached hydrogen (secondary N) is 1. The first-order valence-corrected chi connectivity index (χ1v) is 12.0. The fourth-order valence-corrected chi connectivity index (χ4v) is 6.13. The van der Waals surface area contributed by atoms with Crippen molar-refractivity contribution in [3.05, 3.63) is 57.7 Å². The third-order valence-electron chi connectivity index (χ3n) is 5.47. The van der Waals surface area contributed by atoms with Gasteiger partial charge in [-0.2, -0.15) is 4.31 Å². The molecular formula is C21H23N3O4S2. The highest BCUT2D eigenvalue weighted by molar-refractivity contribution is 7.89. The fourth-order valence-electron chi connectivity index (χ4n) is 3.69. The molecule has 30 heavy (non-hydrogen) atoms. The normalized spacial score (nSPS) is 17.9. The molecule has 9 heteroatoms. The van der Waals surface area contributed by atoms with Gasteiger partial charge in [0.15, 0.2) is 0 Å². The van der Waals surface area contributed by atoms with E-state index in [0.717, 1.165) is 27.1 Å². The number of aryl methyl sites for hydroxylation is 2. The Morgan fingerprint density at radius 3 is 2.63 bits per heavy atom. The number of thiazole rings is 1. The molecule has 1 aliphatic rings. The van der Waals surface area contributed by atoms with Gasteiger partial charge >= 0.3 is 4.87 Å². The average molecular weight is 446 g/mol. The van der Waals surface area contributed by atoms with Gasteiger partial charge in [0.25, 0.3) is 0 Å². The summed E-state index contributed by atoms with van der Waals surface area (Å²) >= 11 is 1.13. The number of fused-ring (bicyclic) bond motifs is 1. The smallest absolute Gasteiger partial charge is 0.307 e. The molecule has 0 bridgehead atoms. The number of nitrogens with zero attached hydrogens (tertiary/aromatic N) is 2. The predicted molar refractivity (Wildman–Crippen MR) is 118 cm³/mol. The molecule has 1 N–H and O–H groups in total. The van der Waals surface area contributed by atoms with Crippen LogP contribution in [0.1, 0.15) is 18.4 Å². The van der Waals surface area contributed by atoms with Gasteiger partial charge in [-0.05, 0) is 50.1 Å². The summed E-state index contributed by atoms with van der Waals surface area (Å²) < 4.78 is 29.7. The lowest BCUT2D eigenvalue weighted by atomic mass is 9.98. The van der Waals surface area contributed by atoms with Gasteiger partial charge in [0.1, 0.15) is 0 Å². The van der Waals surface area contributed by atoms with Gasteiger partial charge in [-0.3, -0.25) is 9.59 Å². The molecule has 2 aromatic carbocycles. The summed E-state index contributed by atoms with van der Waals surface area (Å²) in [5.41, 5.74) is 2.41. The van der Waals surface area contributed by atoms with Crippen LogP contribution >= 0.6 is 11.3 Å². The highest BCUT2D eigenvalue weighted by Crippen LogP contribution is 2.26. The van der Waals surface area contributed by atoms with Crippen LogP contribution in [0, 0.1) is 12.8 Å². The molecule has 1 amide bonds. The van der Waals surface area contributed by atoms with Crippen LogP contribution in [0.4, 0.5) is 5.69 Å². The van der Waals surface area contributed by atoms with Gasteiger partial charge in [-0.15, -0.1) is 0 Å². The van der Waals surface area contributed by atoms with Crippen molar-refractivity contribution in [3.63, 3.8) is 0 Å². The molecule has 1 saturated heterocycles. The summed E-state index contributed by atoms with van der Waals surface area (Å²) in [5, 5.41) is 2.89. The van der Waals surface area contributed by atoms with Crippen LogP contribution in [-0.2, 0) is 21.9 Å². The van der Waals surface area contributed by atoms with E-state index in [0.29, 0.717) is 25.1 Å². The minimum absolute atomic E-state index is 0.0577. The second kappa shape index (κ2) is 7.98. The van der Waals surface area contributed by atoms with Gasteiger partial charge in [-0.25, -0.2) is 8.42 Å². The van der Waals surface area contributed by atoms with E-state index in [1.54, 1.807) is 54.1 Å². The molecule has 0 radical (unpaired) electrons. The summed E-state index contributed by atoms with van der Waals surface area (Å²) in [6.45, 7) is 2.47. The third-order valence-corrected chi connectivity index (χ3v) is 8.35. The van der Waals surface area contributed by atoms with Crippen molar-refractivity contribution >= 4 is 43.2 Å². The molecule has 0 aliphatic carbocycles. The van der Waals surface area contributed by atoms with Crippen molar-refractivity contribution in [3.8, 4) is 0 Å². The van der Waals surface area contributed by atoms with E-state index >= 15 is 0 Å². The van der Waals surface area contributed by atoms with Gasteiger partial charge in [-0.1, -0.05) is 29.0 Å². The minimum atomic E-state index is -3.63. The monoisotopic (exact) mass is 445 g/mol. The van der Waals surface area contributed by atoms with Crippen LogP contribution in [-0.4, -0.2) is 36.3 Å². The van der Waals surface area contributed by atoms with Gasteiger partial charge in [0.2, 0.25) is 15.9 Å². The number of sulfonamides is 1. The standard InChI is InChI=1S/C21H23N3O4S2/c1-14-5-8-17(9-6-14)30(27,28)24-11-3-4-15(13-24)20(25)22-16-7-10-18-19(12-16)29-21(26)23(18)2/h5-10,12,15H,3-4,11,13H2,1-2H3,(H,22,25)/t15-/m1/s1. The second-order valence-electron chi connectivity index (χ2n) is 7.61. The van der Waals surface area contributed by atoms with Crippen LogP contribution in [0.15, 0.2) is 52.2 Å². The van der Waals surface area contributed by atoms with Crippen molar-refractivity contribution in [1.82, 2.24) is 8.87 Å². The first-order valence-electron chi connectivity index (χ1n) is 9.73. The van der Waals surface area contributed by atoms with E-state index in [9.17, 15) is 18.0 Å². The average Bonchev–Trinajstić information content (AvgIpc) is 3.01. The quantitative estimate of drug-likeness (QED) is 0.669. The Balaban J connectivity index is 1.49. The molecular weight excluding hydrogens is 422 g/mol. The molecule has 1 aromatic heterocycles. The third kappa shape index (κ3) is 3.92. The van der Waals surface area contributed by atoms with Gasteiger partial charge in [0, 0.05) is 25.8 Å². The van der Waals surface area contributed by atoms with E-state index < -0.39 is 15.9 Å². The maximum atomic E-state index is 13.0. The number of benzene rings is 2. The van der Waals surface area contributed by atoms with Gasteiger partial charge < -0.3 is 9.88 Å². The Labute approximate surface area is 179 Å². The molecule has 1 fully saturated rings. The molecule has 4 rings (SSSR count). The Morgan fingerprint density at radius 1 is 1.17 bits per heavy atom. The number of hydrogen-bond donors (Lipinski definition) is 1. The lowest BCUT2D eigenvalue weighted by molar-refractivity contribution is -0.120. The number of hydrogen-bond acceptors (Lipinski definition) is 5. The zero-order chi connectivity index (χ0) is 21.5. The lowest BCUT2D eigenvalue weighted by Gasteiger charge is -2.31. The first kappa shape index (κ1) is 20.8. The van der Waals surface area contributed by atoms with E-state index in [1.165, 1.54) is 4.31 Å². The molecule has 1 aliphatic heterocycles. The Hall–Kier alpha value is -2.49. The number of anilines is 1. The van der Waals surface area contributed by atoms with Crippen molar-refractivity contribution in [2.75, 3.05) is 18.4 Å². The van der Waals surface area contributed by atoms with E-state index in [2.05, 4.69) is 5.32 Å². The van der Waals surface area contributed by atoms with Crippen molar-refractivity contribution in [2.24, 2.45) is 13.0 Å². The Morgan fingerprint density at radius 2 is 1.90 bits per heavy atom. The number of carbonyl (C=O) groups is 1. The Kier molecular flexibility index (Phi) is 5.52. The van der Waals surface area contributed by atoms with E-state index in [-0.39, 0.29) is 22.2 Å². The van der Waals surface area contributed by atoms with Gasteiger partial charge in [0.05, 0.1) is 21.0 Å². The highest BCUT2D eigenvalue weighted by Gasteiger charge is 2.33. The van der Waals surface area contributed by atoms with Crippen LogP contribution in [0.3, 0.4) is 0 Å². The maximum absolute atomic E-state index is 13.0. The Bertz CT molecular complexity index is 1260. The van der Waals surface area contributed by atoms with Crippen molar-refractivity contribution in [2.45, 2.75) is 24.7 Å². The topological polar surface area (TPSA) is 88.5 Å².